The third-order valence-electron chi connectivity index (χ3n) is 6.78. The molecule has 0 saturated carbocycles. The quantitative estimate of drug-likeness (QED) is 0.276. The number of allylic oxidation sites excluding steroid dienone is 2. The zero-order chi connectivity index (χ0) is 23.0. The largest absolute Gasteiger partial charge is 0.737 e. The van der Waals surface area contributed by atoms with Gasteiger partial charge in [-0.3, -0.25) is 0 Å². The van der Waals surface area contributed by atoms with Gasteiger partial charge in [0.05, 0.1) is 10.6 Å². The molecule has 2 aliphatic rings. The van der Waals surface area contributed by atoms with Crippen molar-refractivity contribution in [2.45, 2.75) is 54.4 Å². The minimum atomic E-state index is -4.21. The number of hydrogen-bond acceptors (Lipinski definition) is 0. The van der Waals surface area contributed by atoms with Crippen LogP contribution in [0.15, 0.2) is 29.0 Å². The highest BCUT2D eigenvalue weighted by Crippen LogP contribution is 2.47. The number of nitrogens with zero attached hydrogens (tertiary/aromatic N) is 2. The van der Waals surface area contributed by atoms with Crippen molar-refractivity contribution >= 4 is 29.9 Å². The third-order valence-corrected chi connectivity index (χ3v) is 7.06. The predicted octanol–water partition coefficient (Wildman–Crippen LogP) is 6.81. The summed E-state index contributed by atoms with van der Waals surface area (Å²) in [5, 5.41) is -0.345. The van der Waals surface area contributed by atoms with Gasteiger partial charge in [0, 0.05) is 29.3 Å². The first-order valence-electron chi connectivity index (χ1n) is 10.4. The summed E-state index contributed by atoms with van der Waals surface area (Å²) in [4.78, 5) is 0. The van der Waals surface area contributed by atoms with Crippen LogP contribution in [-0.2, 0) is 6.42 Å². The van der Waals surface area contributed by atoms with Crippen molar-refractivity contribution in [3.05, 3.63) is 73.7 Å². The van der Waals surface area contributed by atoms with Crippen LogP contribution < -0.4 is 0 Å². The van der Waals surface area contributed by atoms with E-state index in [0.717, 1.165) is 32.2 Å². The molecular weight excluding hydrogens is 427 g/mol. The lowest BCUT2D eigenvalue weighted by atomic mass is 9.83. The van der Waals surface area contributed by atoms with E-state index in [-0.39, 0.29) is 27.6 Å². The smallest absolute Gasteiger partial charge is 0.393 e. The van der Waals surface area contributed by atoms with Crippen LogP contribution in [0.3, 0.4) is 0 Å². The van der Waals surface area contributed by atoms with Crippen molar-refractivity contribution < 1.29 is 21.9 Å². The summed E-state index contributed by atoms with van der Waals surface area (Å²) in [6, 6.07) is 1.92. The highest BCUT2D eigenvalue weighted by molar-refractivity contribution is 6.58. The summed E-state index contributed by atoms with van der Waals surface area (Å²) in [6.07, 6.45) is 1.11. The first-order valence-corrected chi connectivity index (χ1v) is 10.8. The lowest BCUT2D eigenvalue weighted by Gasteiger charge is -2.34. The van der Waals surface area contributed by atoms with Gasteiger partial charge in [-0.1, -0.05) is 25.4 Å². The molecule has 8 heteroatoms. The molecule has 1 aromatic heterocycles. The van der Waals surface area contributed by atoms with Gasteiger partial charge in [0.25, 0.3) is 0 Å². The van der Waals surface area contributed by atoms with Crippen LogP contribution in [0.2, 0.25) is 5.02 Å². The number of aromatic nitrogens is 1. The third kappa shape index (κ3) is 2.75. The summed E-state index contributed by atoms with van der Waals surface area (Å²) < 4.78 is 63.9. The lowest BCUT2D eigenvalue weighted by molar-refractivity contribution is -0.363. The number of halogens is 5. The molecular formula is C23H24BClF4N2. The SMILES string of the molecule is CCC1=C(C)C2=C(c3cc(F)c(Cl)cc3F)c3c(C)c(CC)c(C)n3[B-](F)(F)[N+]2=C1C. The van der Waals surface area contributed by atoms with Crippen LogP contribution in [0.1, 0.15) is 62.2 Å². The normalized spacial score (nSPS) is 17.6. The Labute approximate surface area is 184 Å². The Bertz CT molecular complexity index is 1250. The summed E-state index contributed by atoms with van der Waals surface area (Å²) in [7, 11) is 0. The second-order valence-corrected chi connectivity index (χ2v) is 8.64. The Hall–Kier alpha value is -2.28. The summed E-state index contributed by atoms with van der Waals surface area (Å²) >= 11 is 5.79. The van der Waals surface area contributed by atoms with E-state index in [9.17, 15) is 4.39 Å². The molecule has 0 radical (unpaired) electrons. The van der Waals surface area contributed by atoms with Gasteiger partial charge in [-0.25, -0.2) is 8.78 Å². The molecule has 0 bridgehead atoms. The van der Waals surface area contributed by atoms with Crippen molar-refractivity contribution in [2.75, 3.05) is 0 Å². The van der Waals surface area contributed by atoms with Gasteiger partial charge in [0.1, 0.15) is 17.3 Å². The number of benzene rings is 1. The minimum absolute atomic E-state index is 0.0674. The highest BCUT2D eigenvalue weighted by Gasteiger charge is 2.57. The van der Waals surface area contributed by atoms with E-state index in [1.54, 1.807) is 27.7 Å². The maximum absolute atomic E-state index is 16.1. The second-order valence-electron chi connectivity index (χ2n) is 8.23. The fourth-order valence-electron chi connectivity index (χ4n) is 5.45. The van der Waals surface area contributed by atoms with Crippen molar-refractivity contribution in [3.8, 4) is 0 Å². The van der Waals surface area contributed by atoms with Crippen LogP contribution in [0, 0.1) is 25.5 Å². The molecule has 0 aliphatic carbocycles. The fraction of sp³-hybridized carbons (Fsp3) is 0.348. The molecule has 3 heterocycles. The van der Waals surface area contributed by atoms with Crippen molar-refractivity contribution in [1.82, 2.24) is 4.48 Å². The van der Waals surface area contributed by atoms with Crippen molar-refractivity contribution in [1.29, 1.82) is 0 Å². The molecule has 164 valence electrons. The molecule has 1 aromatic carbocycles. The van der Waals surface area contributed by atoms with Crippen LogP contribution in [-0.4, -0.2) is 21.6 Å². The molecule has 0 spiro atoms. The second kappa shape index (κ2) is 7.12. The van der Waals surface area contributed by atoms with Gasteiger partial charge in [0.15, 0.2) is 5.70 Å². The van der Waals surface area contributed by atoms with E-state index in [2.05, 4.69) is 0 Å². The topological polar surface area (TPSA) is 7.94 Å². The van der Waals surface area contributed by atoms with E-state index < -0.39 is 18.6 Å². The average Bonchev–Trinajstić information content (AvgIpc) is 3.10. The van der Waals surface area contributed by atoms with Gasteiger partial charge in [0.2, 0.25) is 0 Å². The molecule has 0 N–H and O–H groups in total. The van der Waals surface area contributed by atoms with E-state index in [4.69, 9.17) is 11.6 Å². The van der Waals surface area contributed by atoms with Crippen LogP contribution in [0.5, 0.6) is 0 Å². The summed E-state index contributed by atoms with van der Waals surface area (Å²) in [5.41, 5.74) is 4.50. The van der Waals surface area contributed by atoms with Crippen LogP contribution >= 0.6 is 11.6 Å². The van der Waals surface area contributed by atoms with Gasteiger partial charge < -0.3 is 17.6 Å². The van der Waals surface area contributed by atoms with Crippen molar-refractivity contribution in [3.63, 3.8) is 0 Å². The monoisotopic (exact) mass is 450 g/mol. The lowest BCUT2D eigenvalue weighted by Crippen LogP contribution is -2.51. The van der Waals surface area contributed by atoms with Crippen LogP contribution in [0.25, 0.3) is 5.57 Å². The van der Waals surface area contributed by atoms with E-state index >= 15 is 13.0 Å². The van der Waals surface area contributed by atoms with E-state index in [1.165, 1.54) is 0 Å². The molecule has 31 heavy (non-hydrogen) atoms. The Balaban J connectivity index is 2.27. The Kier molecular flexibility index (Phi) is 5.04. The molecule has 2 aliphatic heterocycles. The average molecular weight is 451 g/mol. The molecule has 0 unspecified atom stereocenters. The molecule has 0 atom stereocenters. The molecule has 2 nitrogen and oxygen atoms in total. The zero-order valence-electron chi connectivity index (χ0n) is 18.4. The molecule has 2 aromatic rings. The maximum atomic E-state index is 16.1. The molecule has 4 rings (SSSR count). The van der Waals surface area contributed by atoms with Gasteiger partial charge in [-0.15, -0.1) is 0 Å². The molecule has 0 fully saturated rings. The standard InChI is InChI=1S/C23H24BClF4N2/c1-7-15-11(3)22-21(17-9-20(27)18(25)10-19(17)26)23-12(4)16(8-2)14(6)31(23)24(28,29)30(22)13(15)5/h9-10H,7-8H2,1-6H3. The van der Waals surface area contributed by atoms with E-state index in [0.29, 0.717) is 35.4 Å². The number of hydrogen-bond donors (Lipinski definition) is 0. The van der Waals surface area contributed by atoms with Gasteiger partial charge in [-0.2, -0.15) is 0 Å². The Morgan fingerprint density at radius 1 is 1.00 bits per heavy atom. The molecule has 0 amide bonds. The Morgan fingerprint density at radius 2 is 1.65 bits per heavy atom. The number of fused-ring (bicyclic) bond motifs is 2. The minimum Gasteiger partial charge on any atom is -0.393 e. The summed E-state index contributed by atoms with van der Waals surface area (Å²) in [5.74, 6) is -1.54. The van der Waals surface area contributed by atoms with E-state index in [1.807, 2.05) is 13.8 Å². The fourth-order valence-corrected chi connectivity index (χ4v) is 5.60. The molecule has 0 saturated heterocycles. The number of rotatable bonds is 3. The first kappa shape index (κ1) is 21.9. The van der Waals surface area contributed by atoms with Gasteiger partial charge in [-0.05, 0) is 62.6 Å². The summed E-state index contributed by atoms with van der Waals surface area (Å²) in [6.45, 7) is 6.47. The van der Waals surface area contributed by atoms with Gasteiger partial charge >= 0.3 is 6.97 Å². The van der Waals surface area contributed by atoms with Crippen molar-refractivity contribution in [2.24, 2.45) is 0 Å². The highest BCUT2D eigenvalue weighted by atomic mass is 35.5. The first-order chi connectivity index (χ1) is 14.5. The predicted molar refractivity (Wildman–Crippen MR) is 118 cm³/mol. The maximum Gasteiger partial charge on any atom is 0.737 e. The zero-order valence-corrected chi connectivity index (χ0v) is 19.2. The van der Waals surface area contributed by atoms with Crippen LogP contribution in [0.4, 0.5) is 17.4 Å². The Morgan fingerprint density at radius 3 is 2.23 bits per heavy atom.